The van der Waals surface area contributed by atoms with Crippen LogP contribution in [-0.2, 0) is 11.3 Å². The Morgan fingerprint density at radius 3 is 2.65 bits per heavy atom. The number of hydrogen-bond acceptors (Lipinski definition) is 4. The molecule has 0 bridgehead atoms. The van der Waals surface area contributed by atoms with E-state index in [9.17, 15) is 9.59 Å². The molecular formula is C27H27N5O2. The number of H-pyrrole nitrogens is 1. The minimum absolute atomic E-state index is 0.207. The second-order valence-electron chi connectivity index (χ2n) is 9.58. The molecule has 2 fully saturated rings. The number of fused-ring (bicyclic) bond motifs is 1. The summed E-state index contributed by atoms with van der Waals surface area (Å²) >= 11 is 0. The molecule has 7 nitrogen and oxygen atoms in total. The quantitative estimate of drug-likeness (QED) is 0.495. The van der Waals surface area contributed by atoms with Crippen LogP contribution < -0.4 is 5.69 Å². The molecule has 1 aliphatic carbocycles. The number of aromatic nitrogens is 4. The highest BCUT2D eigenvalue weighted by Crippen LogP contribution is 2.34. The van der Waals surface area contributed by atoms with Gasteiger partial charge in [-0.15, -0.1) is 0 Å². The van der Waals surface area contributed by atoms with Gasteiger partial charge < -0.3 is 4.90 Å². The van der Waals surface area contributed by atoms with Crippen molar-refractivity contribution >= 4 is 16.8 Å². The van der Waals surface area contributed by atoms with Gasteiger partial charge >= 0.3 is 5.69 Å². The average Bonchev–Trinajstić information content (AvgIpc) is 3.51. The molecule has 0 radical (unpaired) electrons. The fraction of sp³-hybridized carbons (Fsp3) is 0.333. The van der Waals surface area contributed by atoms with Crippen molar-refractivity contribution in [1.82, 2.24) is 24.6 Å². The van der Waals surface area contributed by atoms with Crippen LogP contribution in [0, 0.1) is 18.8 Å². The Bertz CT molecular complexity index is 1430. The van der Waals surface area contributed by atoms with Gasteiger partial charge in [-0.25, -0.2) is 9.89 Å². The smallest absolute Gasteiger partial charge is 0.342 e. The van der Waals surface area contributed by atoms with Gasteiger partial charge in [0.25, 0.3) is 0 Å². The highest BCUT2D eigenvalue weighted by Gasteiger charge is 2.36. The highest BCUT2D eigenvalue weighted by atomic mass is 16.2. The summed E-state index contributed by atoms with van der Waals surface area (Å²) in [7, 11) is 0. The van der Waals surface area contributed by atoms with Gasteiger partial charge in [0, 0.05) is 42.7 Å². The van der Waals surface area contributed by atoms with Crippen LogP contribution in [0.5, 0.6) is 0 Å². The number of likely N-dealkylation sites (tertiary alicyclic amines) is 1. The van der Waals surface area contributed by atoms with Crippen LogP contribution in [0.1, 0.15) is 24.8 Å². The number of aryl methyl sites for hydroxylation is 1. The molecule has 0 unspecified atom stereocenters. The Morgan fingerprint density at radius 1 is 1.06 bits per heavy atom. The maximum atomic E-state index is 12.6. The number of aromatic amines is 1. The van der Waals surface area contributed by atoms with Gasteiger partial charge in [-0.2, -0.15) is 5.10 Å². The molecule has 2 aliphatic rings. The first-order chi connectivity index (χ1) is 16.6. The fourth-order valence-corrected chi connectivity index (χ4v) is 5.10. The molecule has 0 spiro atoms. The molecule has 172 valence electrons. The maximum Gasteiger partial charge on any atom is 0.343 e. The van der Waals surface area contributed by atoms with E-state index in [1.54, 1.807) is 4.57 Å². The number of nitrogens with one attached hydrogen (secondary N) is 1. The number of carbonyl (C=O) groups is 1. The first-order valence-electron chi connectivity index (χ1n) is 12.0. The van der Waals surface area contributed by atoms with Crippen molar-refractivity contribution in [3.05, 3.63) is 70.8 Å². The minimum atomic E-state index is -0.207. The van der Waals surface area contributed by atoms with Crippen LogP contribution in [0.4, 0.5) is 0 Å². The lowest BCUT2D eigenvalue weighted by atomic mass is 9.97. The Kier molecular flexibility index (Phi) is 5.05. The predicted octanol–water partition coefficient (Wildman–Crippen LogP) is 4.02. The van der Waals surface area contributed by atoms with Gasteiger partial charge in [0.1, 0.15) is 0 Å². The van der Waals surface area contributed by atoms with Gasteiger partial charge in [-0.3, -0.25) is 14.3 Å². The molecule has 1 saturated carbocycles. The topological polar surface area (TPSA) is 83.9 Å². The van der Waals surface area contributed by atoms with Crippen molar-refractivity contribution in [3.63, 3.8) is 0 Å². The van der Waals surface area contributed by atoms with E-state index in [4.69, 9.17) is 0 Å². The van der Waals surface area contributed by atoms with Gasteiger partial charge in [0.15, 0.2) is 5.82 Å². The number of amides is 1. The summed E-state index contributed by atoms with van der Waals surface area (Å²) in [4.78, 5) is 31.5. The standard InChI is InChI=1S/C27H27N5O2/c1-17-4-11-22(23-3-2-13-28-24(17)23)19-5-7-20(8-6-19)25-29-30-27(34)32(25)16-18-12-14-31(15-18)26(33)21-9-10-21/h2-8,11,13,18,21H,9-10,12,14-16H2,1H3,(H,30,34)/t18-/m1/s1. The van der Waals surface area contributed by atoms with Crippen molar-refractivity contribution < 1.29 is 4.79 Å². The Balaban J connectivity index is 1.25. The second kappa shape index (κ2) is 8.24. The van der Waals surface area contributed by atoms with Crippen LogP contribution in [0.2, 0.25) is 0 Å². The Labute approximate surface area is 197 Å². The number of benzene rings is 2. The van der Waals surface area contributed by atoms with Gasteiger partial charge in [-0.1, -0.05) is 42.5 Å². The number of pyridine rings is 1. The lowest BCUT2D eigenvalue weighted by Crippen LogP contribution is -2.31. The number of carbonyl (C=O) groups excluding carboxylic acids is 1. The van der Waals surface area contributed by atoms with Gasteiger partial charge in [-0.05, 0) is 54.9 Å². The molecule has 1 atom stereocenters. The van der Waals surface area contributed by atoms with E-state index in [0.29, 0.717) is 12.4 Å². The Hall–Kier alpha value is -3.74. The van der Waals surface area contributed by atoms with Crippen LogP contribution in [0.15, 0.2) is 59.5 Å². The highest BCUT2D eigenvalue weighted by molar-refractivity contribution is 5.96. The summed E-state index contributed by atoms with van der Waals surface area (Å²) in [6, 6.07) is 16.5. The summed E-state index contributed by atoms with van der Waals surface area (Å²) in [5.74, 6) is 1.43. The van der Waals surface area contributed by atoms with E-state index in [1.165, 1.54) is 0 Å². The molecular weight excluding hydrogens is 426 g/mol. The van der Waals surface area contributed by atoms with Crippen molar-refractivity contribution in [2.45, 2.75) is 32.7 Å². The summed E-state index contributed by atoms with van der Waals surface area (Å²) in [5.41, 5.74) is 5.07. The summed E-state index contributed by atoms with van der Waals surface area (Å²) in [6.07, 6.45) is 4.79. The number of rotatable bonds is 5. The number of nitrogens with zero attached hydrogens (tertiary/aromatic N) is 4. The molecule has 7 heteroatoms. The first kappa shape index (κ1) is 20.8. The van der Waals surface area contributed by atoms with Gasteiger partial charge in [0.05, 0.1) is 5.52 Å². The normalized spacial score (nSPS) is 18.0. The number of hydrogen-bond donors (Lipinski definition) is 1. The zero-order chi connectivity index (χ0) is 23.2. The van der Waals surface area contributed by atoms with Crippen molar-refractivity contribution in [3.8, 4) is 22.5 Å². The summed E-state index contributed by atoms with van der Waals surface area (Å²) in [5, 5.41) is 8.06. The second-order valence-corrected chi connectivity index (χ2v) is 9.58. The van der Waals surface area contributed by atoms with Crippen LogP contribution in [0.25, 0.3) is 33.4 Å². The first-order valence-corrected chi connectivity index (χ1v) is 12.0. The maximum absolute atomic E-state index is 12.6. The van der Waals surface area contributed by atoms with Crippen LogP contribution in [-0.4, -0.2) is 43.6 Å². The van der Waals surface area contributed by atoms with Crippen molar-refractivity contribution in [2.24, 2.45) is 11.8 Å². The predicted molar refractivity (Wildman–Crippen MR) is 131 cm³/mol. The Morgan fingerprint density at radius 2 is 1.85 bits per heavy atom. The van der Waals surface area contributed by atoms with E-state index in [2.05, 4.69) is 52.4 Å². The monoisotopic (exact) mass is 453 g/mol. The third-order valence-electron chi connectivity index (χ3n) is 7.15. The summed E-state index contributed by atoms with van der Waals surface area (Å²) in [6.45, 7) is 4.15. The molecule has 1 saturated heterocycles. The molecule has 2 aromatic carbocycles. The average molecular weight is 454 g/mol. The minimum Gasteiger partial charge on any atom is -0.342 e. The van der Waals surface area contributed by atoms with E-state index < -0.39 is 0 Å². The van der Waals surface area contributed by atoms with Gasteiger partial charge in [0.2, 0.25) is 5.91 Å². The zero-order valence-corrected chi connectivity index (χ0v) is 19.2. The van der Waals surface area contributed by atoms with Crippen molar-refractivity contribution in [2.75, 3.05) is 13.1 Å². The fourth-order valence-electron chi connectivity index (χ4n) is 5.10. The molecule has 34 heavy (non-hydrogen) atoms. The lowest BCUT2D eigenvalue weighted by Gasteiger charge is -2.16. The lowest BCUT2D eigenvalue weighted by molar-refractivity contribution is -0.131. The molecule has 6 rings (SSSR count). The zero-order valence-electron chi connectivity index (χ0n) is 19.2. The van der Waals surface area contributed by atoms with Crippen LogP contribution in [0.3, 0.4) is 0 Å². The summed E-state index contributed by atoms with van der Waals surface area (Å²) < 4.78 is 1.72. The molecule has 3 heterocycles. The third kappa shape index (κ3) is 3.71. The van der Waals surface area contributed by atoms with E-state index in [1.807, 2.05) is 29.3 Å². The van der Waals surface area contributed by atoms with Crippen LogP contribution >= 0.6 is 0 Å². The molecule has 1 amide bonds. The van der Waals surface area contributed by atoms with E-state index >= 15 is 0 Å². The van der Waals surface area contributed by atoms with E-state index in [0.717, 1.165) is 65.5 Å². The molecule has 1 aliphatic heterocycles. The molecule has 4 aromatic rings. The third-order valence-corrected chi connectivity index (χ3v) is 7.15. The molecule has 2 aromatic heterocycles. The largest absolute Gasteiger partial charge is 0.343 e. The van der Waals surface area contributed by atoms with Crippen molar-refractivity contribution in [1.29, 1.82) is 0 Å². The molecule has 1 N–H and O–H groups in total. The SMILES string of the molecule is Cc1ccc(-c2ccc(-c3n[nH]c(=O)n3C[C@@H]3CCN(C(=O)C4CC4)C3)cc2)c2cccnc12. The van der Waals surface area contributed by atoms with E-state index in [-0.39, 0.29) is 23.4 Å².